The van der Waals surface area contributed by atoms with Crippen molar-refractivity contribution in [3.05, 3.63) is 29.7 Å². The molecular weight excluding hydrogens is 312 g/mol. The number of rotatable bonds is 3. The first kappa shape index (κ1) is 15.7. The van der Waals surface area contributed by atoms with Crippen molar-refractivity contribution in [1.29, 1.82) is 0 Å². The molecule has 3 rings (SSSR count). The summed E-state index contributed by atoms with van der Waals surface area (Å²) >= 11 is 1.43. The molecule has 7 nitrogen and oxygen atoms in total. The second-order valence-electron chi connectivity index (χ2n) is 5.42. The highest BCUT2D eigenvalue weighted by molar-refractivity contribution is 7.09. The highest BCUT2D eigenvalue weighted by atomic mass is 32.1. The van der Waals surface area contributed by atoms with E-state index in [2.05, 4.69) is 24.6 Å². The summed E-state index contributed by atoms with van der Waals surface area (Å²) < 4.78 is 4.32. The van der Waals surface area contributed by atoms with Crippen molar-refractivity contribution < 1.29 is 4.79 Å². The number of hydrogen-bond donors (Lipinski definition) is 1. The van der Waals surface area contributed by atoms with Crippen LogP contribution in [-0.4, -0.2) is 51.5 Å². The fourth-order valence-electron chi connectivity index (χ4n) is 2.42. The quantitative estimate of drug-likeness (QED) is 0.932. The highest BCUT2D eigenvalue weighted by Crippen LogP contribution is 2.19. The molecule has 2 aromatic rings. The third kappa shape index (κ3) is 3.76. The van der Waals surface area contributed by atoms with E-state index in [-0.39, 0.29) is 6.03 Å². The number of urea groups is 1. The minimum atomic E-state index is -0.103. The summed E-state index contributed by atoms with van der Waals surface area (Å²) in [6.07, 6.45) is 0.850. The number of nitrogens with zero attached hydrogens (tertiary/aromatic N) is 5. The molecule has 0 saturated carbocycles. The Morgan fingerprint density at radius 1 is 1.26 bits per heavy atom. The SMILES string of the molecule is CCc1nsc(N2CCN(C(=O)Nc3cccc(C)n3)CC2)n1. The van der Waals surface area contributed by atoms with E-state index in [1.165, 1.54) is 11.5 Å². The summed E-state index contributed by atoms with van der Waals surface area (Å²) in [6.45, 7) is 6.83. The lowest BCUT2D eigenvalue weighted by atomic mass is 10.3. The van der Waals surface area contributed by atoms with Crippen molar-refractivity contribution in [2.24, 2.45) is 0 Å². The van der Waals surface area contributed by atoms with Crippen molar-refractivity contribution in [2.45, 2.75) is 20.3 Å². The molecule has 0 aliphatic carbocycles. The van der Waals surface area contributed by atoms with E-state index in [1.54, 1.807) is 6.07 Å². The summed E-state index contributed by atoms with van der Waals surface area (Å²) in [4.78, 5) is 25.1. The predicted octanol–water partition coefficient (Wildman–Crippen LogP) is 2.16. The van der Waals surface area contributed by atoms with E-state index in [0.29, 0.717) is 18.9 Å². The van der Waals surface area contributed by atoms with Gasteiger partial charge in [0.25, 0.3) is 0 Å². The van der Waals surface area contributed by atoms with Gasteiger partial charge < -0.3 is 9.80 Å². The molecule has 8 heteroatoms. The molecule has 1 aliphatic rings. The molecule has 3 heterocycles. The van der Waals surface area contributed by atoms with Crippen molar-refractivity contribution in [1.82, 2.24) is 19.2 Å². The van der Waals surface area contributed by atoms with Gasteiger partial charge in [-0.1, -0.05) is 13.0 Å². The first-order chi connectivity index (χ1) is 11.2. The minimum Gasteiger partial charge on any atom is -0.343 e. The molecule has 2 aromatic heterocycles. The normalized spacial score (nSPS) is 14.9. The zero-order chi connectivity index (χ0) is 16.2. The van der Waals surface area contributed by atoms with E-state index >= 15 is 0 Å². The Kier molecular flexibility index (Phi) is 4.71. The Hall–Kier alpha value is -2.22. The van der Waals surface area contributed by atoms with Crippen molar-refractivity contribution in [3.8, 4) is 0 Å². The number of aromatic nitrogens is 3. The third-order valence-electron chi connectivity index (χ3n) is 3.73. The van der Waals surface area contributed by atoms with Crippen LogP contribution < -0.4 is 10.2 Å². The van der Waals surface area contributed by atoms with Crippen molar-refractivity contribution >= 4 is 28.5 Å². The van der Waals surface area contributed by atoms with E-state index in [0.717, 1.165) is 36.2 Å². The number of anilines is 2. The Labute approximate surface area is 139 Å². The summed E-state index contributed by atoms with van der Waals surface area (Å²) in [5, 5.41) is 3.80. The first-order valence-corrected chi connectivity index (χ1v) is 8.50. The van der Waals surface area contributed by atoms with Crippen LogP contribution in [0.25, 0.3) is 0 Å². The van der Waals surface area contributed by atoms with Gasteiger partial charge >= 0.3 is 6.03 Å². The van der Waals surface area contributed by atoms with E-state index in [4.69, 9.17) is 0 Å². The smallest absolute Gasteiger partial charge is 0.323 e. The number of nitrogens with one attached hydrogen (secondary N) is 1. The minimum absolute atomic E-state index is 0.103. The van der Waals surface area contributed by atoms with E-state index in [1.807, 2.05) is 30.9 Å². The molecule has 122 valence electrons. The number of carbonyl (C=O) groups excluding carboxylic acids is 1. The second kappa shape index (κ2) is 6.91. The van der Waals surface area contributed by atoms with Gasteiger partial charge in [-0.25, -0.2) is 14.8 Å². The average molecular weight is 332 g/mol. The first-order valence-electron chi connectivity index (χ1n) is 7.73. The zero-order valence-corrected chi connectivity index (χ0v) is 14.1. The van der Waals surface area contributed by atoms with Gasteiger partial charge in [-0.05, 0) is 19.1 Å². The van der Waals surface area contributed by atoms with Gasteiger partial charge in [-0.2, -0.15) is 4.37 Å². The number of hydrogen-bond acceptors (Lipinski definition) is 6. The average Bonchev–Trinajstić information content (AvgIpc) is 3.04. The molecule has 1 N–H and O–H groups in total. The fourth-order valence-corrected chi connectivity index (χ4v) is 3.22. The van der Waals surface area contributed by atoms with E-state index in [9.17, 15) is 4.79 Å². The Bertz CT molecular complexity index is 680. The molecule has 23 heavy (non-hydrogen) atoms. The van der Waals surface area contributed by atoms with Gasteiger partial charge in [0.05, 0.1) is 0 Å². The number of aryl methyl sites for hydroxylation is 2. The summed E-state index contributed by atoms with van der Waals surface area (Å²) in [5.41, 5.74) is 0.885. The molecule has 0 radical (unpaired) electrons. The zero-order valence-electron chi connectivity index (χ0n) is 13.3. The van der Waals surface area contributed by atoms with Crippen LogP contribution in [0.5, 0.6) is 0 Å². The van der Waals surface area contributed by atoms with Crippen LogP contribution in [0.3, 0.4) is 0 Å². The van der Waals surface area contributed by atoms with Gasteiger partial charge in [0.1, 0.15) is 11.6 Å². The highest BCUT2D eigenvalue weighted by Gasteiger charge is 2.23. The van der Waals surface area contributed by atoms with Crippen LogP contribution in [0.1, 0.15) is 18.4 Å². The molecule has 0 aromatic carbocycles. The van der Waals surface area contributed by atoms with Crippen LogP contribution >= 0.6 is 11.5 Å². The molecule has 1 saturated heterocycles. The fraction of sp³-hybridized carbons (Fsp3) is 0.467. The summed E-state index contributed by atoms with van der Waals surface area (Å²) in [5.74, 6) is 1.48. The molecule has 1 aliphatic heterocycles. The number of pyridine rings is 1. The van der Waals surface area contributed by atoms with Crippen molar-refractivity contribution in [3.63, 3.8) is 0 Å². The largest absolute Gasteiger partial charge is 0.343 e. The standard InChI is InChI=1S/C15H20N6OS/c1-3-12-18-15(23-19-12)21-9-7-20(8-10-21)14(22)17-13-6-4-5-11(2)16-13/h4-6H,3,7-10H2,1-2H3,(H,16,17,22). The third-order valence-corrected chi connectivity index (χ3v) is 4.55. The topological polar surface area (TPSA) is 74.2 Å². The number of amides is 2. The van der Waals surface area contributed by atoms with Crippen LogP contribution in [0.2, 0.25) is 0 Å². The molecule has 0 atom stereocenters. The number of carbonyl (C=O) groups is 1. The van der Waals surface area contributed by atoms with Crippen LogP contribution in [0, 0.1) is 6.92 Å². The molecule has 0 spiro atoms. The van der Waals surface area contributed by atoms with Gasteiger partial charge in [0.2, 0.25) is 5.13 Å². The molecular formula is C15H20N6OS. The maximum Gasteiger partial charge on any atom is 0.323 e. The van der Waals surface area contributed by atoms with Gasteiger partial charge in [-0.15, -0.1) is 0 Å². The lowest BCUT2D eigenvalue weighted by Gasteiger charge is -2.34. The Balaban J connectivity index is 1.55. The molecule has 2 amide bonds. The Morgan fingerprint density at radius 2 is 2.04 bits per heavy atom. The lowest BCUT2D eigenvalue weighted by molar-refractivity contribution is 0.208. The summed E-state index contributed by atoms with van der Waals surface area (Å²) in [6, 6.07) is 5.49. The van der Waals surface area contributed by atoms with Gasteiger partial charge in [0, 0.05) is 49.8 Å². The molecule has 0 unspecified atom stereocenters. The van der Waals surface area contributed by atoms with Crippen LogP contribution in [0.15, 0.2) is 18.2 Å². The second-order valence-corrected chi connectivity index (χ2v) is 6.15. The predicted molar refractivity (Wildman–Crippen MR) is 91.1 cm³/mol. The van der Waals surface area contributed by atoms with Gasteiger partial charge in [0.15, 0.2) is 0 Å². The Morgan fingerprint density at radius 3 is 2.70 bits per heavy atom. The number of piperazine rings is 1. The molecule has 0 bridgehead atoms. The maximum absolute atomic E-state index is 12.3. The monoisotopic (exact) mass is 332 g/mol. The van der Waals surface area contributed by atoms with Gasteiger partial charge in [-0.3, -0.25) is 5.32 Å². The van der Waals surface area contributed by atoms with Crippen molar-refractivity contribution in [2.75, 3.05) is 36.4 Å². The lowest BCUT2D eigenvalue weighted by Crippen LogP contribution is -2.50. The van der Waals surface area contributed by atoms with Crippen LogP contribution in [0.4, 0.5) is 15.7 Å². The maximum atomic E-state index is 12.3. The van der Waals surface area contributed by atoms with Crippen LogP contribution in [-0.2, 0) is 6.42 Å². The van der Waals surface area contributed by atoms with E-state index < -0.39 is 0 Å². The summed E-state index contributed by atoms with van der Waals surface area (Å²) in [7, 11) is 0. The molecule has 1 fully saturated rings.